The van der Waals surface area contributed by atoms with Gasteiger partial charge in [-0.3, -0.25) is 4.79 Å². The lowest BCUT2D eigenvalue weighted by atomic mass is 10.1. The van der Waals surface area contributed by atoms with E-state index >= 15 is 0 Å². The van der Waals surface area contributed by atoms with Crippen LogP contribution in [-0.4, -0.2) is 12.5 Å². The van der Waals surface area contributed by atoms with Crippen LogP contribution in [0.3, 0.4) is 0 Å². The molecular weight excluding hydrogens is 342 g/mol. The molecule has 3 rings (SSSR count). The van der Waals surface area contributed by atoms with Crippen molar-refractivity contribution in [2.24, 2.45) is 0 Å². The number of thiophene rings is 1. The van der Waals surface area contributed by atoms with Crippen LogP contribution in [0.5, 0.6) is 0 Å². The third-order valence-electron chi connectivity index (χ3n) is 3.75. The molecule has 3 nitrogen and oxygen atoms in total. The fourth-order valence-corrected chi connectivity index (χ4v) is 3.41. The molecule has 0 spiro atoms. The highest BCUT2D eigenvalue weighted by Crippen LogP contribution is 2.22. The second-order valence-corrected chi connectivity index (χ2v) is 6.50. The zero-order chi connectivity index (χ0) is 17.6. The van der Waals surface area contributed by atoms with E-state index in [9.17, 15) is 13.6 Å². The molecule has 1 aromatic heterocycles. The third kappa shape index (κ3) is 4.49. The van der Waals surface area contributed by atoms with Gasteiger partial charge in [-0.2, -0.15) is 0 Å². The maximum atomic E-state index is 13.6. The Morgan fingerprint density at radius 3 is 2.60 bits per heavy atom. The van der Waals surface area contributed by atoms with Crippen molar-refractivity contribution in [1.82, 2.24) is 0 Å². The molecule has 0 bridgehead atoms. The summed E-state index contributed by atoms with van der Waals surface area (Å²) < 4.78 is 26.8. The number of hydrogen-bond donors (Lipinski definition) is 2. The zero-order valence-corrected chi connectivity index (χ0v) is 14.1. The summed E-state index contributed by atoms with van der Waals surface area (Å²) in [5.41, 5.74) is 0.931. The van der Waals surface area contributed by atoms with Gasteiger partial charge in [0, 0.05) is 11.6 Å². The Morgan fingerprint density at radius 1 is 1.08 bits per heavy atom. The standard InChI is InChI=1S/C19H16F2N2OS/c20-14-8-9-15(21)16(11-14)23-18(24)12-22-19(17-7-4-10-25-17)13-5-2-1-3-6-13/h1-11,19,22H,12H2,(H,23,24)/p+1/t19-/m0/s1. The molecule has 128 valence electrons. The number of quaternary nitrogens is 1. The van der Waals surface area contributed by atoms with Gasteiger partial charge in [-0.25, -0.2) is 8.78 Å². The van der Waals surface area contributed by atoms with Gasteiger partial charge in [0.05, 0.1) is 10.6 Å². The van der Waals surface area contributed by atoms with Crippen LogP contribution in [-0.2, 0) is 4.79 Å². The van der Waals surface area contributed by atoms with Crippen LogP contribution in [0, 0.1) is 11.6 Å². The maximum Gasteiger partial charge on any atom is 0.279 e. The van der Waals surface area contributed by atoms with E-state index in [1.165, 1.54) is 0 Å². The van der Waals surface area contributed by atoms with Crippen molar-refractivity contribution < 1.29 is 18.9 Å². The predicted molar refractivity (Wildman–Crippen MR) is 94.4 cm³/mol. The SMILES string of the molecule is O=C(C[NH2+][C@@H](c1ccccc1)c1cccs1)Nc1cc(F)ccc1F. The summed E-state index contributed by atoms with van der Waals surface area (Å²) in [5.74, 6) is -1.64. The highest BCUT2D eigenvalue weighted by molar-refractivity contribution is 7.10. The Bertz CT molecular complexity index is 838. The van der Waals surface area contributed by atoms with Crippen molar-refractivity contribution in [2.45, 2.75) is 6.04 Å². The fourth-order valence-electron chi connectivity index (χ4n) is 2.56. The number of rotatable bonds is 6. The molecule has 1 heterocycles. The first-order chi connectivity index (χ1) is 12.1. The molecule has 0 saturated carbocycles. The normalized spacial score (nSPS) is 11.9. The summed E-state index contributed by atoms with van der Waals surface area (Å²) in [6.07, 6.45) is 0. The fraction of sp³-hybridized carbons (Fsp3) is 0.105. The van der Waals surface area contributed by atoms with E-state index in [0.717, 1.165) is 28.6 Å². The molecule has 0 aliphatic heterocycles. The lowest BCUT2D eigenvalue weighted by Crippen LogP contribution is -2.87. The number of carbonyl (C=O) groups excluding carboxylic acids is 1. The van der Waals surface area contributed by atoms with Gasteiger partial charge >= 0.3 is 0 Å². The number of nitrogens with one attached hydrogen (secondary N) is 1. The van der Waals surface area contributed by atoms with Crippen LogP contribution in [0.2, 0.25) is 0 Å². The molecule has 1 amide bonds. The van der Waals surface area contributed by atoms with Crippen molar-refractivity contribution in [1.29, 1.82) is 0 Å². The number of amides is 1. The molecule has 2 aromatic carbocycles. The third-order valence-corrected chi connectivity index (χ3v) is 4.71. The predicted octanol–water partition coefficient (Wildman–Crippen LogP) is 3.32. The average molecular weight is 359 g/mol. The van der Waals surface area contributed by atoms with Gasteiger partial charge in [-0.15, -0.1) is 11.3 Å². The molecule has 1 atom stereocenters. The number of hydrogen-bond acceptors (Lipinski definition) is 2. The molecule has 0 radical (unpaired) electrons. The Morgan fingerprint density at radius 2 is 1.88 bits per heavy atom. The molecule has 25 heavy (non-hydrogen) atoms. The van der Waals surface area contributed by atoms with Crippen molar-refractivity contribution >= 4 is 22.9 Å². The Labute approximate surface area is 148 Å². The van der Waals surface area contributed by atoms with Crippen molar-refractivity contribution in [3.05, 3.63) is 88.1 Å². The Hall–Kier alpha value is -2.57. The number of benzene rings is 2. The van der Waals surface area contributed by atoms with E-state index in [2.05, 4.69) is 5.32 Å². The number of halogens is 2. The Kier molecular flexibility index (Phi) is 5.53. The first-order valence-electron chi connectivity index (χ1n) is 7.80. The van der Waals surface area contributed by atoms with E-state index in [0.29, 0.717) is 0 Å². The zero-order valence-electron chi connectivity index (χ0n) is 13.3. The van der Waals surface area contributed by atoms with Gasteiger partial charge in [0.2, 0.25) is 0 Å². The molecule has 0 aliphatic rings. The number of nitrogens with two attached hydrogens (primary N) is 1. The quantitative estimate of drug-likeness (QED) is 0.697. The molecule has 3 aromatic rings. The second kappa shape index (κ2) is 8.00. The lowest BCUT2D eigenvalue weighted by Gasteiger charge is -2.15. The van der Waals surface area contributed by atoms with Gasteiger partial charge < -0.3 is 10.6 Å². The van der Waals surface area contributed by atoms with Crippen LogP contribution >= 0.6 is 11.3 Å². The molecular formula is C19H17F2N2OS+. The summed E-state index contributed by atoms with van der Waals surface area (Å²) in [7, 11) is 0. The molecule has 3 N–H and O–H groups in total. The number of anilines is 1. The largest absolute Gasteiger partial charge is 0.328 e. The second-order valence-electron chi connectivity index (χ2n) is 5.52. The topological polar surface area (TPSA) is 45.7 Å². The molecule has 0 aliphatic carbocycles. The average Bonchev–Trinajstić information content (AvgIpc) is 3.14. The first kappa shape index (κ1) is 17.3. The summed E-state index contributed by atoms with van der Waals surface area (Å²) in [6.45, 7) is 0.0907. The molecule has 0 fully saturated rings. The minimum Gasteiger partial charge on any atom is -0.328 e. The minimum absolute atomic E-state index is 0.0238. The van der Waals surface area contributed by atoms with Gasteiger partial charge in [0.15, 0.2) is 6.54 Å². The smallest absolute Gasteiger partial charge is 0.279 e. The van der Waals surface area contributed by atoms with Gasteiger partial charge in [-0.1, -0.05) is 36.4 Å². The molecule has 0 unspecified atom stereocenters. The van der Waals surface area contributed by atoms with Gasteiger partial charge in [-0.05, 0) is 23.6 Å². The molecule has 6 heteroatoms. The highest BCUT2D eigenvalue weighted by Gasteiger charge is 2.20. The van der Waals surface area contributed by atoms with Crippen molar-refractivity contribution in [3.8, 4) is 0 Å². The summed E-state index contributed by atoms with van der Waals surface area (Å²) >= 11 is 1.61. The van der Waals surface area contributed by atoms with E-state index < -0.39 is 11.6 Å². The number of carbonyl (C=O) groups is 1. The van der Waals surface area contributed by atoms with E-state index in [1.54, 1.807) is 11.3 Å². The first-order valence-corrected chi connectivity index (χ1v) is 8.68. The van der Waals surface area contributed by atoms with Gasteiger partial charge in [0.1, 0.15) is 17.7 Å². The van der Waals surface area contributed by atoms with Crippen LogP contribution in [0.15, 0.2) is 66.0 Å². The van der Waals surface area contributed by atoms with Crippen molar-refractivity contribution in [2.75, 3.05) is 11.9 Å². The summed E-state index contributed by atoms with van der Waals surface area (Å²) in [5, 5.41) is 6.29. The maximum absolute atomic E-state index is 13.6. The summed E-state index contributed by atoms with van der Waals surface area (Å²) in [6, 6.07) is 16.8. The molecule has 0 saturated heterocycles. The van der Waals surface area contributed by atoms with Gasteiger partial charge in [0.25, 0.3) is 5.91 Å². The highest BCUT2D eigenvalue weighted by atomic mass is 32.1. The summed E-state index contributed by atoms with van der Waals surface area (Å²) in [4.78, 5) is 13.3. The van der Waals surface area contributed by atoms with Crippen molar-refractivity contribution in [3.63, 3.8) is 0 Å². The van der Waals surface area contributed by atoms with Crippen LogP contribution < -0.4 is 10.6 Å². The van der Waals surface area contributed by atoms with Crippen LogP contribution in [0.1, 0.15) is 16.5 Å². The minimum atomic E-state index is -0.660. The van der Waals surface area contributed by atoms with E-state index in [4.69, 9.17) is 0 Å². The van der Waals surface area contributed by atoms with E-state index in [1.807, 2.05) is 53.2 Å². The van der Waals surface area contributed by atoms with Crippen LogP contribution in [0.4, 0.5) is 14.5 Å². The Balaban J connectivity index is 1.69. The monoisotopic (exact) mass is 359 g/mol. The van der Waals surface area contributed by atoms with Crippen LogP contribution in [0.25, 0.3) is 0 Å². The van der Waals surface area contributed by atoms with E-state index in [-0.39, 0.29) is 24.2 Å². The lowest BCUT2D eigenvalue weighted by molar-refractivity contribution is -0.675.